The first-order valence-corrected chi connectivity index (χ1v) is 8.07. The Morgan fingerprint density at radius 3 is 2.41 bits per heavy atom. The highest BCUT2D eigenvalue weighted by molar-refractivity contribution is 5.92. The van der Waals surface area contributed by atoms with Crippen LogP contribution < -0.4 is 10.1 Å². The second-order valence-electron chi connectivity index (χ2n) is 5.79. The van der Waals surface area contributed by atoms with Crippen LogP contribution in [0.4, 0.5) is 13.2 Å². The number of ether oxygens (including phenoxy) is 1. The van der Waals surface area contributed by atoms with Crippen LogP contribution in [0.3, 0.4) is 0 Å². The van der Waals surface area contributed by atoms with Crippen LogP contribution in [0.15, 0.2) is 60.7 Å². The highest BCUT2D eigenvalue weighted by Crippen LogP contribution is 2.22. The minimum atomic E-state index is -4.73. The smallest absolute Gasteiger partial charge is 0.406 e. The van der Waals surface area contributed by atoms with Gasteiger partial charge in [-0.05, 0) is 42.8 Å². The number of alkyl halides is 3. The maximum Gasteiger partial charge on any atom is 0.573 e. The standard InChI is InChI=1S/C19H16F3N3O2/c1-13-11-17(24-25(13)15-5-3-2-4-6-15)18(26)23-12-14-7-9-16(10-8-14)27-19(20,21)22/h2-11H,12H2,1H3,(H,23,26). The van der Waals surface area contributed by atoms with E-state index in [9.17, 15) is 18.0 Å². The van der Waals surface area contributed by atoms with Crippen molar-refractivity contribution in [1.82, 2.24) is 15.1 Å². The van der Waals surface area contributed by atoms with Crippen molar-refractivity contribution in [1.29, 1.82) is 0 Å². The third-order valence-corrected chi connectivity index (χ3v) is 3.73. The molecule has 1 amide bonds. The first-order chi connectivity index (χ1) is 12.8. The first kappa shape index (κ1) is 18.5. The molecule has 0 aliphatic heterocycles. The molecule has 2 aromatic carbocycles. The number of para-hydroxylation sites is 1. The van der Waals surface area contributed by atoms with Crippen LogP contribution in [0.25, 0.3) is 5.69 Å². The quantitative estimate of drug-likeness (QED) is 0.733. The Bertz CT molecular complexity index is 920. The second-order valence-corrected chi connectivity index (χ2v) is 5.79. The van der Waals surface area contributed by atoms with Crippen molar-refractivity contribution >= 4 is 5.91 Å². The van der Waals surface area contributed by atoms with Crippen LogP contribution in [-0.4, -0.2) is 22.1 Å². The molecule has 0 atom stereocenters. The number of hydrogen-bond acceptors (Lipinski definition) is 3. The Morgan fingerprint density at radius 2 is 1.78 bits per heavy atom. The summed E-state index contributed by atoms with van der Waals surface area (Å²) in [5.41, 5.74) is 2.54. The number of halogens is 3. The third-order valence-electron chi connectivity index (χ3n) is 3.73. The summed E-state index contributed by atoms with van der Waals surface area (Å²) in [5.74, 6) is -0.682. The number of rotatable bonds is 5. The van der Waals surface area contributed by atoms with Gasteiger partial charge in [-0.15, -0.1) is 13.2 Å². The van der Waals surface area contributed by atoms with Crippen LogP contribution in [0.2, 0.25) is 0 Å². The van der Waals surface area contributed by atoms with Crippen molar-refractivity contribution in [2.24, 2.45) is 0 Å². The minimum absolute atomic E-state index is 0.155. The predicted octanol–water partition coefficient (Wildman–Crippen LogP) is 4.01. The highest BCUT2D eigenvalue weighted by Gasteiger charge is 2.30. The molecule has 3 rings (SSSR count). The monoisotopic (exact) mass is 375 g/mol. The molecule has 0 unspecified atom stereocenters. The maximum atomic E-state index is 12.3. The van der Waals surface area contributed by atoms with E-state index in [2.05, 4.69) is 15.2 Å². The molecular formula is C19H16F3N3O2. The van der Waals surface area contributed by atoms with Gasteiger partial charge in [0.15, 0.2) is 5.69 Å². The molecular weight excluding hydrogens is 359 g/mol. The Morgan fingerprint density at radius 1 is 1.11 bits per heavy atom. The molecule has 0 fully saturated rings. The second kappa shape index (κ2) is 7.53. The van der Waals surface area contributed by atoms with E-state index in [4.69, 9.17) is 0 Å². The Kier molecular flexibility index (Phi) is 5.16. The Hall–Kier alpha value is -3.29. The number of carbonyl (C=O) groups excluding carboxylic acids is 1. The van der Waals surface area contributed by atoms with Crippen LogP contribution in [0.1, 0.15) is 21.7 Å². The SMILES string of the molecule is Cc1cc(C(=O)NCc2ccc(OC(F)(F)F)cc2)nn1-c1ccccc1. The van der Waals surface area contributed by atoms with E-state index in [-0.39, 0.29) is 23.9 Å². The summed E-state index contributed by atoms with van der Waals surface area (Å²) in [7, 11) is 0. The largest absolute Gasteiger partial charge is 0.573 e. The summed E-state index contributed by atoms with van der Waals surface area (Å²) in [5, 5.41) is 7.00. The number of amides is 1. The Labute approximate surface area is 153 Å². The van der Waals surface area contributed by atoms with Crippen LogP contribution in [0.5, 0.6) is 5.75 Å². The number of aromatic nitrogens is 2. The number of benzene rings is 2. The molecule has 0 spiro atoms. The van der Waals surface area contributed by atoms with E-state index < -0.39 is 6.36 Å². The molecule has 1 N–H and O–H groups in total. The lowest BCUT2D eigenvalue weighted by molar-refractivity contribution is -0.274. The van der Waals surface area contributed by atoms with Gasteiger partial charge < -0.3 is 10.1 Å². The number of nitrogens with zero attached hydrogens (tertiary/aromatic N) is 2. The molecule has 0 bridgehead atoms. The molecule has 27 heavy (non-hydrogen) atoms. The topological polar surface area (TPSA) is 56.1 Å². The maximum absolute atomic E-state index is 12.3. The van der Waals surface area contributed by atoms with Crippen LogP contribution in [-0.2, 0) is 6.54 Å². The summed E-state index contributed by atoms with van der Waals surface area (Å²) in [6.45, 7) is 2.00. The minimum Gasteiger partial charge on any atom is -0.406 e. The molecule has 1 heterocycles. The van der Waals surface area contributed by atoms with E-state index in [0.717, 1.165) is 11.4 Å². The molecule has 3 aromatic rings. The van der Waals surface area contributed by atoms with Crippen molar-refractivity contribution in [3.05, 3.63) is 77.6 Å². The fourth-order valence-corrected chi connectivity index (χ4v) is 2.50. The van der Waals surface area contributed by atoms with E-state index in [0.29, 0.717) is 5.56 Å². The average Bonchev–Trinajstić information content (AvgIpc) is 3.02. The summed E-state index contributed by atoms with van der Waals surface area (Å²) in [4.78, 5) is 12.3. The molecule has 140 valence electrons. The zero-order valence-corrected chi connectivity index (χ0v) is 14.3. The van der Waals surface area contributed by atoms with E-state index in [1.54, 1.807) is 10.7 Å². The lowest BCUT2D eigenvalue weighted by atomic mass is 10.2. The van der Waals surface area contributed by atoms with Gasteiger partial charge in [-0.25, -0.2) is 4.68 Å². The first-order valence-electron chi connectivity index (χ1n) is 8.07. The number of hydrogen-bond donors (Lipinski definition) is 1. The van der Waals surface area contributed by atoms with Gasteiger partial charge in [0, 0.05) is 12.2 Å². The number of carbonyl (C=O) groups is 1. The van der Waals surface area contributed by atoms with Gasteiger partial charge in [0.05, 0.1) is 5.69 Å². The number of aryl methyl sites for hydroxylation is 1. The van der Waals surface area contributed by atoms with E-state index >= 15 is 0 Å². The zero-order chi connectivity index (χ0) is 19.4. The Balaban J connectivity index is 1.63. The van der Waals surface area contributed by atoms with Crippen molar-refractivity contribution in [2.45, 2.75) is 19.8 Å². The normalized spacial score (nSPS) is 11.3. The third kappa shape index (κ3) is 4.87. The van der Waals surface area contributed by atoms with Crippen molar-refractivity contribution in [3.63, 3.8) is 0 Å². The van der Waals surface area contributed by atoms with Crippen molar-refractivity contribution in [3.8, 4) is 11.4 Å². The summed E-state index contributed by atoms with van der Waals surface area (Å²) >= 11 is 0. The van der Waals surface area contributed by atoms with E-state index in [1.807, 2.05) is 37.3 Å². The predicted molar refractivity (Wildman–Crippen MR) is 92.6 cm³/mol. The molecule has 0 aliphatic rings. The van der Waals surface area contributed by atoms with Crippen molar-refractivity contribution in [2.75, 3.05) is 0 Å². The molecule has 0 radical (unpaired) electrons. The van der Waals surface area contributed by atoms with Gasteiger partial charge in [-0.3, -0.25) is 4.79 Å². The molecule has 8 heteroatoms. The van der Waals surface area contributed by atoms with Gasteiger partial charge in [0.1, 0.15) is 5.75 Å². The van der Waals surface area contributed by atoms with Gasteiger partial charge in [0.2, 0.25) is 0 Å². The van der Waals surface area contributed by atoms with E-state index in [1.165, 1.54) is 24.3 Å². The average molecular weight is 375 g/mol. The fraction of sp³-hybridized carbons (Fsp3) is 0.158. The summed E-state index contributed by atoms with van der Waals surface area (Å²) in [6, 6.07) is 16.4. The summed E-state index contributed by atoms with van der Waals surface area (Å²) in [6.07, 6.45) is -4.73. The lowest BCUT2D eigenvalue weighted by Gasteiger charge is -2.09. The van der Waals surface area contributed by atoms with Crippen LogP contribution >= 0.6 is 0 Å². The lowest BCUT2D eigenvalue weighted by Crippen LogP contribution is -2.23. The van der Waals surface area contributed by atoms with Gasteiger partial charge in [-0.1, -0.05) is 30.3 Å². The van der Waals surface area contributed by atoms with Crippen LogP contribution in [0, 0.1) is 6.92 Å². The zero-order valence-electron chi connectivity index (χ0n) is 14.3. The highest BCUT2D eigenvalue weighted by atomic mass is 19.4. The molecule has 0 saturated heterocycles. The van der Waals surface area contributed by atoms with Gasteiger partial charge in [0.25, 0.3) is 5.91 Å². The molecule has 1 aromatic heterocycles. The van der Waals surface area contributed by atoms with Gasteiger partial charge in [-0.2, -0.15) is 5.10 Å². The molecule has 0 saturated carbocycles. The molecule has 0 aliphatic carbocycles. The van der Waals surface area contributed by atoms with Crippen molar-refractivity contribution < 1.29 is 22.7 Å². The molecule has 5 nitrogen and oxygen atoms in total. The fourth-order valence-electron chi connectivity index (χ4n) is 2.50. The number of nitrogens with one attached hydrogen (secondary N) is 1. The van der Waals surface area contributed by atoms with Gasteiger partial charge >= 0.3 is 6.36 Å². The summed E-state index contributed by atoms with van der Waals surface area (Å²) < 4.78 is 41.9.